The monoisotopic (exact) mass is 906 g/mol. The number of benzene rings is 6. The summed E-state index contributed by atoms with van der Waals surface area (Å²) < 4.78 is 7.54. The van der Waals surface area contributed by atoms with E-state index < -0.39 is 0 Å². The molecule has 0 amide bonds. The van der Waals surface area contributed by atoms with Crippen molar-refractivity contribution in [3.05, 3.63) is 207 Å². The number of hydrogen-bond donors (Lipinski definition) is 1. The van der Waals surface area contributed by atoms with Crippen LogP contribution in [0.1, 0.15) is 117 Å². The van der Waals surface area contributed by atoms with Gasteiger partial charge in [0.2, 0.25) is 0 Å². The Kier molecular flexibility index (Phi) is 8.27. The SMILES string of the molecule is CC1(C)C2=CC(C3NC(c4ccccc4)N=c4c5cc(C#N)c(-n6c7c(c8ccccc86)CCCC7)cc5n5c6cc(ccc6c6ccc7c(c65)C5=C(CCC=C5)C7(C)C)n43)CC=C2c2ccccc21. The van der Waals surface area contributed by atoms with Gasteiger partial charge in [-0.15, -0.1) is 0 Å². The molecule has 1 N–H and O–H groups in total. The third-order valence-corrected chi connectivity index (χ3v) is 17.6. The Morgan fingerprint density at radius 1 is 0.729 bits per heavy atom. The predicted octanol–water partition coefficient (Wildman–Crippen LogP) is 14.3. The summed E-state index contributed by atoms with van der Waals surface area (Å²) in [5.74, 6) is 0.106. The summed E-state index contributed by atoms with van der Waals surface area (Å²) in [5.41, 5.74) is 23.0. The third-order valence-electron chi connectivity index (χ3n) is 17.6. The maximum atomic E-state index is 11.6. The van der Waals surface area contributed by atoms with Gasteiger partial charge in [0.25, 0.3) is 0 Å². The Morgan fingerprint density at radius 2 is 1.53 bits per heavy atom. The van der Waals surface area contributed by atoms with E-state index >= 15 is 0 Å². The zero-order valence-electron chi connectivity index (χ0n) is 40.3. The molecule has 0 spiro atoms. The smallest absolute Gasteiger partial charge is 0.140 e. The van der Waals surface area contributed by atoms with Crippen LogP contribution in [-0.4, -0.2) is 13.5 Å². The second-order valence-corrected chi connectivity index (χ2v) is 21.9. The fourth-order valence-corrected chi connectivity index (χ4v) is 14.3. The first kappa shape index (κ1) is 40.4. The first-order valence-electron chi connectivity index (χ1n) is 25.6. The zero-order chi connectivity index (χ0) is 46.8. The number of aromatic nitrogens is 3. The van der Waals surface area contributed by atoms with Crippen LogP contribution in [0.4, 0.5) is 0 Å². The molecular weight excluding hydrogens is 853 g/mol. The fraction of sp³-hybridized carbons (Fsp3) is 0.250. The van der Waals surface area contributed by atoms with Crippen molar-refractivity contribution < 1.29 is 0 Å². The van der Waals surface area contributed by atoms with E-state index in [0.717, 1.165) is 71.7 Å². The average Bonchev–Trinajstić information content (AvgIpc) is 4.06. The standard InChI is InChI=1S/C64H54N6/c1-63(2)50-23-13-9-21-47(50)58-51(63)31-30-46-45-29-27-40-34-56(45)70(59(46)58)57-35-55(69-53-24-14-10-19-43(53)44-20-11-15-25-54(44)69)39(36-65)32-48(57)62-67-60(37-16-6-5-7-17-37)66-61(68(40)62)38-26-28-42-41-18-8-12-22-49(41)64(3,4)52(42)33-38/h5-10,12,14,16-19,21-22,24,27-35,38,60-61,66H,11,13,15,20,23,25-26H2,1-4H3. The van der Waals surface area contributed by atoms with Crippen LogP contribution in [0.3, 0.4) is 0 Å². The van der Waals surface area contributed by atoms with Crippen molar-refractivity contribution in [2.75, 3.05) is 0 Å². The number of para-hydroxylation sites is 1. The van der Waals surface area contributed by atoms with E-state index in [4.69, 9.17) is 4.99 Å². The van der Waals surface area contributed by atoms with Gasteiger partial charge in [0.05, 0.1) is 39.5 Å². The van der Waals surface area contributed by atoms with Crippen molar-refractivity contribution >= 4 is 60.3 Å². The molecule has 3 aromatic heterocycles. The summed E-state index contributed by atoms with van der Waals surface area (Å²) >= 11 is 0. The Hall–Kier alpha value is -7.46. The van der Waals surface area contributed by atoms with Gasteiger partial charge < -0.3 is 13.5 Å². The van der Waals surface area contributed by atoms with Gasteiger partial charge in [-0.3, -0.25) is 5.32 Å². The lowest BCUT2D eigenvalue weighted by atomic mass is 9.78. The molecule has 5 aliphatic carbocycles. The number of rotatable bonds is 3. The molecule has 0 fully saturated rings. The molecule has 6 heteroatoms. The van der Waals surface area contributed by atoms with Gasteiger partial charge in [-0.2, -0.15) is 5.26 Å². The van der Waals surface area contributed by atoms with E-state index in [9.17, 15) is 5.26 Å². The Labute approximate surface area is 407 Å². The molecule has 1 aliphatic heterocycles. The molecule has 0 saturated heterocycles. The molecule has 3 unspecified atom stereocenters. The van der Waals surface area contributed by atoms with Crippen LogP contribution < -0.4 is 10.8 Å². The van der Waals surface area contributed by atoms with Crippen molar-refractivity contribution in [1.82, 2.24) is 18.9 Å². The topological polar surface area (TPSA) is 62.4 Å². The van der Waals surface area contributed by atoms with E-state index in [1.54, 1.807) is 0 Å². The quantitative estimate of drug-likeness (QED) is 0.192. The Balaban J connectivity index is 1.11. The number of nitrogens with zero attached hydrogens (tertiary/aromatic N) is 5. The number of fused-ring (bicyclic) bond motifs is 18. The van der Waals surface area contributed by atoms with Gasteiger partial charge in [0.1, 0.15) is 17.7 Å². The van der Waals surface area contributed by atoms with Crippen LogP contribution >= 0.6 is 0 Å². The fourth-order valence-electron chi connectivity index (χ4n) is 14.3. The lowest BCUT2D eigenvalue weighted by Crippen LogP contribution is -2.45. The third kappa shape index (κ3) is 5.28. The maximum absolute atomic E-state index is 11.6. The van der Waals surface area contributed by atoms with Crippen LogP contribution in [-0.2, 0) is 23.7 Å². The summed E-state index contributed by atoms with van der Waals surface area (Å²) in [6.07, 6.45) is 16.7. The average molecular weight is 907 g/mol. The predicted molar refractivity (Wildman–Crippen MR) is 285 cm³/mol. The highest BCUT2D eigenvalue weighted by molar-refractivity contribution is 6.16. The summed E-state index contributed by atoms with van der Waals surface area (Å²) in [6, 6.07) is 47.9. The summed E-state index contributed by atoms with van der Waals surface area (Å²) in [7, 11) is 0. The van der Waals surface area contributed by atoms with Crippen molar-refractivity contribution in [3.8, 4) is 11.8 Å². The van der Waals surface area contributed by atoms with Crippen LogP contribution in [0.15, 0.2) is 162 Å². The molecular formula is C64H54N6. The molecule has 340 valence electrons. The minimum absolute atomic E-state index is 0.0982. The second-order valence-electron chi connectivity index (χ2n) is 21.9. The largest absolute Gasteiger partial charge is 0.312 e. The summed E-state index contributed by atoms with van der Waals surface area (Å²) in [5, 5.41) is 20.5. The van der Waals surface area contributed by atoms with Crippen LogP contribution in [0.5, 0.6) is 0 Å². The highest BCUT2D eigenvalue weighted by atomic mass is 15.3. The molecule has 9 aromatic rings. The lowest BCUT2D eigenvalue weighted by Gasteiger charge is -2.37. The molecule has 6 aliphatic rings. The molecule has 6 nitrogen and oxygen atoms in total. The molecule has 0 radical (unpaired) electrons. The van der Waals surface area contributed by atoms with Crippen LogP contribution in [0, 0.1) is 17.2 Å². The van der Waals surface area contributed by atoms with E-state index in [1.165, 1.54) is 94.9 Å². The first-order chi connectivity index (χ1) is 34.2. The minimum atomic E-state index is -0.331. The molecule has 15 rings (SSSR count). The molecule has 0 saturated carbocycles. The van der Waals surface area contributed by atoms with E-state index in [-0.39, 0.29) is 29.1 Å². The van der Waals surface area contributed by atoms with Gasteiger partial charge in [-0.1, -0.05) is 149 Å². The molecule has 4 heterocycles. The zero-order valence-corrected chi connectivity index (χ0v) is 40.3. The van der Waals surface area contributed by atoms with Crippen molar-refractivity contribution in [3.63, 3.8) is 0 Å². The number of hydrogen-bond acceptors (Lipinski definition) is 3. The van der Waals surface area contributed by atoms with E-state index in [0.29, 0.717) is 5.56 Å². The van der Waals surface area contributed by atoms with Crippen molar-refractivity contribution in [2.24, 2.45) is 10.9 Å². The molecule has 70 heavy (non-hydrogen) atoms. The van der Waals surface area contributed by atoms with E-state index in [2.05, 4.69) is 198 Å². The highest BCUT2D eigenvalue weighted by Gasteiger charge is 2.43. The number of allylic oxidation sites excluding steroid dienone is 7. The second kappa shape index (κ2) is 14.3. The van der Waals surface area contributed by atoms with Gasteiger partial charge >= 0.3 is 0 Å². The van der Waals surface area contributed by atoms with Gasteiger partial charge in [-0.25, -0.2) is 4.99 Å². The van der Waals surface area contributed by atoms with Gasteiger partial charge in [-0.05, 0) is 120 Å². The highest BCUT2D eigenvalue weighted by Crippen LogP contribution is 2.55. The number of aryl methyl sites for hydroxylation is 1. The molecule has 2 bridgehead atoms. The van der Waals surface area contributed by atoms with Crippen molar-refractivity contribution in [2.45, 2.75) is 95.8 Å². The van der Waals surface area contributed by atoms with Crippen LogP contribution in [0.25, 0.3) is 66.0 Å². The minimum Gasteiger partial charge on any atom is -0.312 e. The summed E-state index contributed by atoms with van der Waals surface area (Å²) in [4.78, 5) is 5.87. The summed E-state index contributed by atoms with van der Waals surface area (Å²) in [6.45, 7) is 9.63. The van der Waals surface area contributed by atoms with Gasteiger partial charge in [0, 0.05) is 55.1 Å². The number of nitrogens with one attached hydrogen (secondary N) is 1. The first-order valence-corrected chi connectivity index (χ1v) is 25.6. The number of nitriles is 1. The normalized spacial score (nSPS) is 21.5. The Bertz CT molecular complexity index is 4090. The Morgan fingerprint density at radius 3 is 2.41 bits per heavy atom. The van der Waals surface area contributed by atoms with Gasteiger partial charge in [0.15, 0.2) is 0 Å². The molecule has 3 atom stereocenters. The van der Waals surface area contributed by atoms with Crippen molar-refractivity contribution in [1.29, 1.82) is 5.26 Å². The van der Waals surface area contributed by atoms with Crippen LogP contribution in [0.2, 0.25) is 0 Å². The maximum Gasteiger partial charge on any atom is 0.140 e. The molecule has 6 aromatic carbocycles. The lowest BCUT2D eigenvalue weighted by molar-refractivity contribution is 0.257. The van der Waals surface area contributed by atoms with E-state index in [1.807, 2.05) is 0 Å².